The summed E-state index contributed by atoms with van der Waals surface area (Å²) >= 11 is 0. The van der Waals surface area contributed by atoms with Gasteiger partial charge in [0, 0.05) is 32.6 Å². The minimum Gasteiger partial charge on any atom is -0.446 e. The number of unbranched alkanes of at least 4 members (excludes halogenated alkanes) is 1. The van der Waals surface area contributed by atoms with Crippen molar-refractivity contribution >= 4 is 43.3 Å². The number of amides is 1. The molecule has 0 bridgehead atoms. The van der Waals surface area contributed by atoms with Crippen LogP contribution in [-0.4, -0.2) is 78.8 Å². The number of aliphatic hydroxyl groups is 2. The molecule has 49 heavy (non-hydrogen) atoms. The summed E-state index contributed by atoms with van der Waals surface area (Å²) < 4.78 is 6.26. The third-order valence-electron chi connectivity index (χ3n) is 12.9. The largest absolute Gasteiger partial charge is 0.446 e. The van der Waals surface area contributed by atoms with E-state index in [9.17, 15) is 15.0 Å². The Morgan fingerprint density at radius 3 is 2.35 bits per heavy atom. The van der Waals surface area contributed by atoms with E-state index in [4.69, 9.17) is 16.2 Å². The summed E-state index contributed by atoms with van der Waals surface area (Å²) in [5, 5.41) is 23.2. The quantitative estimate of drug-likeness (QED) is 0.0790. The van der Waals surface area contributed by atoms with Crippen LogP contribution in [0.25, 0.3) is 0 Å². The van der Waals surface area contributed by atoms with Crippen molar-refractivity contribution < 1.29 is 19.7 Å². The molecule has 3 saturated carbocycles. The van der Waals surface area contributed by atoms with Gasteiger partial charge in [0.15, 0.2) is 0 Å². The van der Waals surface area contributed by atoms with Gasteiger partial charge in [0.1, 0.15) is 6.10 Å². The lowest BCUT2D eigenvalue weighted by Crippen LogP contribution is -2.53. The highest BCUT2D eigenvalue weighted by molar-refractivity contribution is 5.86. The van der Waals surface area contributed by atoms with Crippen LogP contribution in [0.4, 0.5) is 4.79 Å². The van der Waals surface area contributed by atoms with Gasteiger partial charge in [-0.15, -0.1) is 37.2 Å². The maximum absolute atomic E-state index is 13.6. The minimum absolute atomic E-state index is 0. The number of hydrogen-bond donors (Lipinski definition) is 5. The predicted octanol–water partition coefficient (Wildman–Crippen LogP) is 7.11. The number of fused-ring (bicyclic) bond motifs is 5. The van der Waals surface area contributed by atoms with Crippen LogP contribution < -0.4 is 16.8 Å². The highest BCUT2D eigenvalue weighted by Crippen LogP contribution is 2.67. The topological polar surface area (TPSA) is 134 Å². The van der Waals surface area contributed by atoms with Crippen molar-refractivity contribution in [1.82, 2.24) is 10.2 Å². The molecule has 0 aliphatic heterocycles. The zero-order valence-corrected chi connectivity index (χ0v) is 33.7. The molecule has 4 aliphatic rings. The molecule has 7 N–H and O–H groups in total. The second-order valence-corrected chi connectivity index (χ2v) is 16.7. The van der Waals surface area contributed by atoms with Crippen molar-refractivity contribution in [2.45, 2.75) is 136 Å². The van der Waals surface area contributed by atoms with Crippen LogP contribution >= 0.6 is 37.2 Å². The van der Waals surface area contributed by atoms with Crippen molar-refractivity contribution in [1.29, 1.82) is 0 Å². The number of allylic oxidation sites excluding steroid dienone is 1. The SMILES string of the molecule is CC(C)CCC[C@@H](C)C1C=C2CC(OC(=O)N(CCCCNCC(O)CN)CC(O)CN)CCC2(C)C2CCC3(C)CCCC3C12.Cl.Cl.Cl. The standard InChI is InChI=1S/C38H70N4O4.3ClH/c1-26(2)10-8-11-27(3)32-21-28-20-31(13-17-38(28,5)34-14-16-37(4)15-9-12-33(37)35(32)34)46-36(45)42(25-30(44)23-40)19-7-6-18-41-24-29(43)22-39;;;/h21,26-27,29-35,41,43-44H,6-20,22-25,39-40H2,1-5H3;3*1H/t27-,29?,30?,31?,32?,33?,34?,35?,37?,38?;;;/m1.../s1. The molecule has 290 valence electrons. The molecule has 9 unspecified atom stereocenters. The van der Waals surface area contributed by atoms with Gasteiger partial charge in [0.05, 0.1) is 18.8 Å². The van der Waals surface area contributed by atoms with Gasteiger partial charge in [-0.2, -0.15) is 0 Å². The first-order chi connectivity index (χ1) is 21.9. The van der Waals surface area contributed by atoms with Gasteiger partial charge in [-0.3, -0.25) is 0 Å². The van der Waals surface area contributed by atoms with Crippen molar-refractivity contribution in [2.24, 2.45) is 57.8 Å². The Kier molecular flexibility index (Phi) is 20.4. The Morgan fingerprint density at radius 2 is 1.67 bits per heavy atom. The number of nitrogens with two attached hydrogens (primary N) is 2. The van der Waals surface area contributed by atoms with E-state index < -0.39 is 12.2 Å². The lowest BCUT2D eigenvalue weighted by Gasteiger charge is -2.60. The number of nitrogens with one attached hydrogen (secondary N) is 1. The number of carbonyl (C=O) groups excluding carboxylic acids is 1. The highest BCUT2D eigenvalue weighted by Gasteiger charge is 2.59. The molecule has 8 nitrogen and oxygen atoms in total. The Labute approximate surface area is 317 Å². The first kappa shape index (κ1) is 46.7. The molecule has 10 atom stereocenters. The predicted molar refractivity (Wildman–Crippen MR) is 209 cm³/mol. The second-order valence-electron chi connectivity index (χ2n) is 16.7. The second kappa shape index (κ2) is 21.4. The van der Waals surface area contributed by atoms with E-state index in [2.05, 4.69) is 46.0 Å². The van der Waals surface area contributed by atoms with E-state index >= 15 is 0 Å². The monoisotopic (exact) mass is 754 g/mol. The van der Waals surface area contributed by atoms with Gasteiger partial charge in [0.25, 0.3) is 0 Å². The smallest absolute Gasteiger partial charge is 0.410 e. The Bertz CT molecular complexity index is 1010. The fraction of sp³-hybridized carbons (Fsp3) is 0.921. The number of carbonyl (C=O) groups is 1. The molecule has 0 heterocycles. The van der Waals surface area contributed by atoms with Crippen molar-refractivity contribution in [3.05, 3.63) is 11.6 Å². The van der Waals surface area contributed by atoms with Crippen LogP contribution in [0, 0.1) is 46.3 Å². The molecule has 0 spiro atoms. The molecule has 4 rings (SSSR count). The molecule has 0 saturated heterocycles. The van der Waals surface area contributed by atoms with E-state index in [-0.39, 0.29) is 74.5 Å². The van der Waals surface area contributed by atoms with Gasteiger partial charge < -0.3 is 36.6 Å². The molecule has 4 aliphatic carbocycles. The van der Waals surface area contributed by atoms with E-state index in [1.807, 2.05) is 0 Å². The van der Waals surface area contributed by atoms with Crippen LogP contribution in [0.5, 0.6) is 0 Å². The number of aliphatic hydroxyl groups excluding tert-OH is 2. The van der Waals surface area contributed by atoms with E-state index in [0.29, 0.717) is 30.3 Å². The van der Waals surface area contributed by atoms with Crippen LogP contribution in [0.15, 0.2) is 11.6 Å². The Morgan fingerprint density at radius 1 is 0.959 bits per heavy atom. The number of rotatable bonds is 17. The average Bonchev–Trinajstić information content (AvgIpc) is 3.43. The number of hydrogen-bond acceptors (Lipinski definition) is 7. The summed E-state index contributed by atoms with van der Waals surface area (Å²) in [6, 6.07) is 0. The summed E-state index contributed by atoms with van der Waals surface area (Å²) in [5.41, 5.74) is 13.5. The molecular weight excluding hydrogens is 683 g/mol. The first-order valence-corrected chi connectivity index (χ1v) is 19.1. The maximum atomic E-state index is 13.6. The number of ether oxygens (including phenoxy) is 1. The molecule has 0 radical (unpaired) electrons. The molecule has 0 aromatic carbocycles. The zero-order chi connectivity index (χ0) is 33.5. The minimum atomic E-state index is -0.775. The van der Waals surface area contributed by atoms with Crippen LogP contribution in [0.3, 0.4) is 0 Å². The zero-order valence-electron chi connectivity index (χ0n) is 31.2. The summed E-state index contributed by atoms with van der Waals surface area (Å²) in [7, 11) is 0. The van der Waals surface area contributed by atoms with Crippen LogP contribution in [0.1, 0.15) is 118 Å². The molecule has 0 aromatic heterocycles. The van der Waals surface area contributed by atoms with Crippen LogP contribution in [-0.2, 0) is 4.74 Å². The Hall–Kier alpha value is -0.320. The van der Waals surface area contributed by atoms with Gasteiger partial charge in [-0.25, -0.2) is 4.79 Å². The number of halogens is 3. The lowest BCUT2D eigenvalue weighted by molar-refractivity contribution is -0.0693. The molecular formula is C38H73Cl3N4O4. The third kappa shape index (κ3) is 11.8. The first-order valence-electron chi connectivity index (χ1n) is 19.1. The maximum Gasteiger partial charge on any atom is 0.410 e. The molecule has 0 aromatic rings. The van der Waals surface area contributed by atoms with Crippen molar-refractivity contribution in [3.8, 4) is 0 Å². The van der Waals surface area contributed by atoms with Gasteiger partial charge in [0.2, 0.25) is 0 Å². The highest BCUT2D eigenvalue weighted by atomic mass is 35.5. The van der Waals surface area contributed by atoms with Gasteiger partial charge >= 0.3 is 6.09 Å². The van der Waals surface area contributed by atoms with Crippen molar-refractivity contribution in [2.75, 3.05) is 39.3 Å². The summed E-state index contributed by atoms with van der Waals surface area (Å²) in [5.74, 6) is 4.41. The van der Waals surface area contributed by atoms with E-state index in [0.717, 1.165) is 62.3 Å². The molecule has 1 amide bonds. The fourth-order valence-electron chi connectivity index (χ4n) is 10.1. The molecule has 11 heteroatoms. The van der Waals surface area contributed by atoms with Gasteiger partial charge in [-0.05, 0) is 104 Å². The van der Waals surface area contributed by atoms with Crippen LogP contribution in [0.2, 0.25) is 0 Å². The normalized spacial score (nSPS) is 32.1. The Balaban J connectivity index is 0.00000400. The van der Waals surface area contributed by atoms with E-state index in [1.165, 1.54) is 51.4 Å². The number of nitrogens with zero attached hydrogens (tertiary/aromatic N) is 1. The lowest BCUT2D eigenvalue weighted by atomic mass is 9.45. The molecule has 3 fully saturated rings. The average molecular weight is 756 g/mol. The van der Waals surface area contributed by atoms with E-state index in [1.54, 1.807) is 10.5 Å². The van der Waals surface area contributed by atoms with Gasteiger partial charge in [-0.1, -0.05) is 72.0 Å². The third-order valence-corrected chi connectivity index (χ3v) is 12.9. The summed E-state index contributed by atoms with van der Waals surface area (Å²) in [4.78, 5) is 15.2. The summed E-state index contributed by atoms with van der Waals surface area (Å²) in [6.07, 6.45) is 16.2. The van der Waals surface area contributed by atoms with Crippen molar-refractivity contribution in [3.63, 3.8) is 0 Å². The summed E-state index contributed by atoms with van der Waals surface area (Å²) in [6.45, 7) is 14.6. The fourth-order valence-corrected chi connectivity index (χ4v) is 10.1.